The van der Waals surface area contributed by atoms with Gasteiger partial charge in [-0.1, -0.05) is 60.3 Å². The molecule has 3 heterocycles. The van der Waals surface area contributed by atoms with Crippen LogP contribution in [0.25, 0.3) is 16.6 Å². The molecule has 2 aromatic heterocycles. The lowest BCUT2D eigenvalue weighted by molar-refractivity contribution is -0.131. The number of fused-ring (bicyclic) bond motifs is 3. The Bertz CT molecular complexity index is 1200. The van der Waals surface area contributed by atoms with Gasteiger partial charge >= 0.3 is 0 Å². The number of hydrogen-bond acceptors (Lipinski definition) is 4. The van der Waals surface area contributed by atoms with E-state index < -0.39 is 0 Å². The first-order valence-corrected chi connectivity index (χ1v) is 11.3. The van der Waals surface area contributed by atoms with Crippen molar-refractivity contribution in [2.45, 2.75) is 36.6 Å². The molecule has 1 fully saturated rings. The predicted octanol–water partition coefficient (Wildman–Crippen LogP) is 5.04. The molecular formula is C24H24N4OS. The van der Waals surface area contributed by atoms with Crippen LogP contribution in [0.2, 0.25) is 0 Å². The molecule has 0 bridgehead atoms. The standard InChI is InChI=1S/C24H24N4OS/c1-17-16-21-25-26-24(28(21)20-13-7-6-12-19(17)20)30-22(18-10-4-2-5-11-18)23(29)27-14-8-3-9-15-27/h2,4-7,10-13,16,22H,3,8-9,14-15H2,1H3. The molecule has 0 aliphatic carbocycles. The molecule has 0 saturated carbocycles. The van der Waals surface area contributed by atoms with Gasteiger partial charge in [-0.3, -0.25) is 9.20 Å². The average Bonchev–Trinajstić information content (AvgIpc) is 3.21. The van der Waals surface area contributed by atoms with E-state index in [2.05, 4.69) is 39.7 Å². The smallest absolute Gasteiger partial charge is 0.240 e. The minimum Gasteiger partial charge on any atom is -0.341 e. The van der Waals surface area contributed by atoms with Crippen LogP contribution in [0.1, 0.15) is 35.6 Å². The summed E-state index contributed by atoms with van der Waals surface area (Å²) in [6.45, 7) is 3.77. The number of aromatic nitrogens is 3. The maximum absolute atomic E-state index is 13.5. The van der Waals surface area contributed by atoms with E-state index in [0.29, 0.717) is 0 Å². The summed E-state index contributed by atoms with van der Waals surface area (Å²) >= 11 is 1.50. The fourth-order valence-electron chi connectivity index (χ4n) is 4.23. The van der Waals surface area contributed by atoms with Crippen molar-refractivity contribution in [3.8, 4) is 0 Å². The third-order valence-corrected chi connectivity index (χ3v) is 6.98. The van der Waals surface area contributed by atoms with Crippen molar-refractivity contribution in [1.29, 1.82) is 0 Å². The number of rotatable bonds is 4. The molecule has 2 aromatic carbocycles. The molecule has 1 unspecified atom stereocenters. The van der Waals surface area contributed by atoms with Gasteiger partial charge in [0.25, 0.3) is 0 Å². The van der Waals surface area contributed by atoms with Crippen LogP contribution < -0.4 is 0 Å². The van der Waals surface area contributed by atoms with Gasteiger partial charge in [0.15, 0.2) is 10.8 Å². The molecule has 1 aliphatic heterocycles. The molecule has 1 aliphatic rings. The van der Waals surface area contributed by atoms with Crippen LogP contribution in [0.4, 0.5) is 0 Å². The van der Waals surface area contributed by atoms with Gasteiger partial charge < -0.3 is 4.90 Å². The van der Waals surface area contributed by atoms with E-state index in [1.165, 1.54) is 29.1 Å². The van der Waals surface area contributed by atoms with E-state index in [1.807, 2.05) is 47.4 Å². The quantitative estimate of drug-likeness (QED) is 0.438. The summed E-state index contributed by atoms with van der Waals surface area (Å²) in [6.07, 6.45) is 3.36. The molecule has 0 spiro atoms. The summed E-state index contributed by atoms with van der Waals surface area (Å²) in [5.41, 5.74) is 4.06. The van der Waals surface area contributed by atoms with Crippen LogP contribution in [-0.4, -0.2) is 38.5 Å². The molecule has 5 rings (SSSR count). The van der Waals surface area contributed by atoms with Crippen molar-refractivity contribution in [2.24, 2.45) is 0 Å². The van der Waals surface area contributed by atoms with E-state index in [-0.39, 0.29) is 11.2 Å². The van der Waals surface area contributed by atoms with Crippen molar-refractivity contribution < 1.29 is 4.79 Å². The van der Waals surface area contributed by atoms with E-state index in [9.17, 15) is 4.79 Å². The van der Waals surface area contributed by atoms with Crippen LogP contribution in [0.3, 0.4) is 0 Å². The van der Waals surface area contributed by atoms with Crippen molar-refractivity contribution in [3.63, 3.8) is 0 Å². The number of hydrogen-bond donors (Lipinski definition) is 0. The Balaban J connectivity index is 1.59. The van der Waals surface area contributed by atoms with Gasteiger partial charge in [0.1, 0.15) is 5.25 Å². The Morgan fingerprint density at radius 3 is 2.50 bits per heavy atom. The van der Waals surface area contributed by atoms with Gasteiger partial charge in [-0.15, -0.1) is 10.2 Å². The Morgan fingerprint density at radius 1 is 0.967 bits per heavy atom. The molecule has 0 N–H and O–H groups in total. The molecule has 6 heteroatoms. The van der Waals surface area contributed by atoms with E-state index >= 15 is 0 Å². The van der Waals surface area contributed by atoms with Gasteiger partial charge in [0, 0.05) is 18.5 Å². The number of aryl methyl sites for hydroxylation is 1. The predicted molar refractivity (Wildman–Crippen MR) is 121 cm³/mol. The lowest BCUT2D eigenvalue weighted by Crippen LogP contribution is -2.38. The number of para-hydroxylation sites is 1. The van der Waals surface area contributed by atoms with Crippen LogP contribution in [-0.2, 0) is 4.79 Å². The summed E-state index contributed by atoms with van der Waals surface area (Å²) in [4.78, 5) is 15.5. The van der Waals surface area contributed by atoms with Gasteiger partial charge in [0.2, 0.25) is 5.91 Å². The van der Waals surface area contributed by atoms with Gasteiger partial charge in [0.05, 0.1) is 5.52 Å². The highest BCUT2D eigenvalue weighted by Crippen LogP contribution is 2.37. The van der Waals surface area contributed by atoms with Gasteiger partial charge in [-0.2, -0.15) is 0 Å². The molecule has 1 atom stereocenters. The average molecular weight is 417 g/mol. The van der Waals surface area contributed by atoms with E-state index in [1.54, 1.807) is 0 Å². The van der Waals surface area contributed by atoms with Crippen molar-refractivity contribution >= 4 is 34.2 Å². The summed E-state index contributed by atoms with van der Waals surface area (Å²) in [6, 6.07) is 20.4. The monoisotopic (exact) mass is 416 g/mol. The van der Waals surface area contributed by atoms with Gasteiger partial charge in [-0.25, -0.2) is 0 Å². The maximum Gasteiger partial charge on any atom is 0.240 e. The molecular weight excluding hydrogens is 392 g/mol. The molecule has 152 valence electrons. The highest BCUT2D eigenvalue weighted by atomic mass is 32.2. The zero-order chi connectivity index (χ0) is 20.5. The number of likely N-dealkylation sites (tertiary alicyclic amines) is 1. The van der Waals surface area contributed by atoms with E-state index in [4.69, 9.17) is 0 Å². The summed E-state index contributed by atoms with van der Waals surface area (Å²) in [5, 5.41) is 10.5. The number of amides is 1. The number of carbonyl (C=O) groups is 1. The topological polar surface area (TPSA) is 50.5 Å². The second kappa shape index (κ2) is 8.11. The lowest BCUT2D eigenvalue weighted by Gasteiger charge is -2.30. The zero-order valence-corrected chi connectivity index (χ0v) is 17.8. The SMILES string of the molecule is Cc1cc2nnc(SC(C(=O)N3CCCCC3)c3ccccc3)n2c2ccccc12. The number of carbonyl (C=O) groups excluding carboxylic acids is 1. The molecule has 1 amide bonds. The fraction of sp³-hybridized carbons (Fsp3) is 0.292. The molecule has 1 saturated heterocycles. The summed E-state index contributed by atoms with van der Waals surface area (Å²) in [5.74, 6) is 0.166. The highest BCUT2D eigenvalue weighted by Gasteiger charge is 2.29. The largest absolute Gasteiger partial charge is 0.341 e. The van der Waals surface area contributed by atoms with Gasteiger partial charge in [-0.05, 0) is 49.4 Å². The third-order valence-electron chi connectivity index (χ3n) is 5.79. The Hall–Kier alpha value is -2.86. The van der Waals surface area contributed by atoms with Crippen molar-refractivity contribution in [3.05, 3.63) is 71.8 Å². The number of pyridine rings is 1. The van der Waals surface area contributed by atoms with Crippen LogP contribution in [0.5, 0.6) is 0 Å². The molecule has 30 heavy (non-hydrogen) atoms. The second-order valence-electron chi connectivity index (χ2n) is 7.82. The van der Waals surface area contributed by atoms with Crippen molar-refractivity contribution in [1.82, 2.24) is 19.5 Å². The Labute approximate surface area is 180 Å². The highest BCUT2D eigenvalue weighted by molar-refractivity contribution is 8.00. The Morgan fingerprint density at radius 2 is 1.70 bits per heavy atom. The van der Waals surface area contributed by atoms with Crippen LogP contribution in [0, 0.1) is 6.92 Å². The Kier molecular flexibility index (Phi) is 5.17. The molecule has 0 radical (unpaired) electrons. The van der Waals surface area contributed by atoms with E-state index in [0.717, 1.165) is 47.8 Å². The van der Waals surface area contributed by atoms with Crippen molar-refractivity contribution in [2.75, 3.05) is 13.1 Å². The number of thioether (sulfide) groups is 1. The number of nitrogens with zero attached hydrogens (tertiary/aromatic N) is 4. The third kappa shape index (κ3) is 3.45. The second-order valence-corrected chi connectivity index (χ2v) is 8.89. The van der Waals surface area contributed by atoms with Crippen LogP contribution in [0.15, 0.2) is 65.8 Å². The first-order valence-electron chi connectivity index (χ1n) is 10.5. The number of benzene rings is 2. The molecule has 4 aromatic rings. The minimum atomic E-state index is -0.336. The number of piperidine rings is 1. The fourth-order valence-corrected chi connectivity index (χ4v) is 5.36. The van der Waals surface area contributed by atoms with Crippen LogP contribution >= 0.6 is 11.8 Å². The summed E-state index contributed by atoms with van der Waals surface area (Å²) in [7, 11) is 0. The normalized spacial score (nSPS) is 15.6. The lowest BCUT2D eigenvalue weighted by atomic mass is 10.1. The maximum atomic E-state index is 13.5. The first-order chi connectivity index (χ1) is 14.7. The molecule has 5 nitrogen and oxygen atoms in total. The summed E-state index contributed by atoms with van der Waals surface area (Å²) < 4.78 is 2.08. The zero-order valence-electron chi connectivity index (χ0n) is 17.0. The minimum absolute atomic E-state index is 0.166. The first kappa shape index (κ1) is 19.1.